The second-order valence-corrected chi connectivity index (χ2v) is 5.39. The minimum Gasteiger partial charge on any atom is -0.476 e. The molecule has 1 N–H and O–H groups in total. The molecule has 0 spiro atoms. The van der Waals surface area contributed by atoms with Gasteiger partial charge in [0.25, 0.3) is 0 Å². The van der Waals surface area contributed by atoms with Gasteiger partial charge in [0, 0.05) is 10.7 Å². The zero-order valence-corrected chi connectivity index (χ0v) is 12.6. The first-order chi connectivity index (χ1) is 10.8. The van der Waals surface area contributed by atoms with Crippen LogP contribution < -0.4 is 0 Å². The molecular weight excluding hydrogens is 381 g/mol. The summed E-state index contributed by atoms with van der Waals surface area (Å²) in [6, 6.07) is 6.49. The number of fused-ring (bicyclic) bond motifs is 1. The maximum atomic E-state index is 12.8. The smallest absolute Gasteiger partial charge is 0.451 e. The average Bonchev–Trinajstić information content (AvgIpc) is 2.85. The topological polar surface area (TPSA) is 80.9 Å². The predicted molar refractivity (Wildman–Crippen MR) is 76.3 cm³/mol. The van der Waals surface area contributed by atoms with E-state index in [-0.39, 0.29) is 11.0 Å². The summed E-state index contributed by atoms with van der Waals surface area (Å²) >= 11 is 3.24. The molecule has 0 aliphatic heterocycles. The SMILES string of the molecule is O=C(O)c1nn(-c2cccc(Br)c2)c2nc(C(F)(F)F)ncc12. The number of aromatic nitrogens is 4. The summed E-state index contributed by atoms with van der Waals surface area (Å²) in [5, 5.41) is 12.9. The van der Waals surface area contributed by atoms with Crippen LogP contribution in [0.5, 0.6) is 0 Å². The number of hydrogen-bond acceptors (Lipinski definition) is 4. The molecule has 1 aromatic carbocycles. The van der Waals surface area contributed by atoms with Gasteiger partial charge < -0.3 is 5.11 Å². The lowest BCUT2D eigenvalue weighted by atomic mass is 10.3. The van der Waals surface area contributed by atoms with Gasteiger partial charge in [-0.1, -0.05) is 22.0 Å². The standard InChI is InChI=1S/C13H6BrF3N4O2/c14-6-2-1-3-7(4-6)21-10-8(9(20-21)11(22)23)5-18-12(19-10)13(15,16)17/h1-5H,(H,22,23). The largest absolute Gasteiger partial charge is 0.476 e. The highest BCUT2D eigenvalue weighted by molar-refractivity contribution is 9.10. The van der Waals surface area contributed by atoms with Crippen molar-refractivity contribution in [2.24, 2.45) is 0 Å². The minimum absolute atomic E-state index is 0.0783. The van der Waals surface area contributed by atoms with Gasteiger partial charge in [0.2, 0.25) is 5.82 Å². The van der Waals surface area contributed by atoms with Crippen molar-refractivity contribution in [3.8, 4) is 5.69 Å². The summed E-state index contributed by atoms with van der Waals surface area (Å²) in [4.78, 5) is 17.9. The van der Waals surface area contributed by atoms with Gasteiger partial charge in [0.1, 0.15) is 0 Å². The van der Waals surface area contributed by atoms with E-state index in [1.54, 1.807) is 24.3 Å². The van der Waals surface area contributed by atoms with Crippen molar-refractivity contribution < 1.29 is 23.1 Å². The monoisotopic (exact) mass is 386 g/mol. The Morgan fingerprint density at radius 2 is 2.04 bits per heavy atom. The Morgan fingerprint density at radius 3 is 2.65 bits per heavy atom. The van der Waals surface area contributed by atoms with E-state index in [9.17, 15) is 18.0 Å². The van der Waals surface area contributed by atoms with E-state index in [1.165, 1.54) is 0 Å². The average molecular weight is 387 g/mol. The van der Waals surface area contributed by atoms with Crippen molar-refractivity contribution in [3.05, 3.63) is 46.5 Å². The van der Waals surface area contributed by atoms with E-state index >= 15 is 0 Å². The summed E-state index contributed by atoms with van der Waals surface area (Å²) in [6.07, 6.45) is -3.93. The first kappa shape index (κ1) is 15.4. The quantitative estimate of drug-likeness (QED) is 0.730. The molecule has 2 aromatic heterocycles. The number of benzene rings is 1. The molecule has 0 saturated carbocycles. The molecule has 10 heteroatoms. The van der Waals surface area contributed by atoms with Crippen LogP contribution in [0.2, 0.25) is 0 Å². The van der Waals surface area contributed by atoms with Crippen LogP contribution in [-0.2, 0) is 6.18 Å². The van der Waals surface area contributed by atoms with Gasteiger partial charge >= 0.3 is 12.1 Å². The summed E-state index contributed by atoms with van der Waals surface area (Å²) in [5.74, 6) is -2.75. The van der Waals surface area contributed by atoms with Crippen LogP contribution in [0.1, 0.15) is 16.3 Å². The summed E-state index contributed by atoms with van der Waals surface area (Å²) in [7, 11) is 0. The lowest BCUT2D eigenvalue weighted by molar-refractivity contribution is -0.144. The Hall–Kier alpha value is -2.49. The van der Waals surface area contributed by atoms with Crippen molar-refractivity contribution in [1.82, 2.24) is 19.7 Å². The molecule has 0 unspecified atom stereocenters. The molecule has 3 rings (SSSR count). The maximum absolute atomic E-state index is 12.8. The van der Waals surface area contributed by atoms with Crippen molar-refractivity contribution in [2.45, 2.75) is 6.18 Å². The number of rotatable bonds is 2. The number of carboxylic acids is 1. The van der Waals surface area contributed by atoms with Crippen LogP contribution in [0.25, 0.3) is 16.7 Å². The Kier molecular flexibility index (Phi) is 3.55. The number of carboxylic acid groups (broad SMARTS) is 1. The Labute approximate surface area is 134 Å². The highest BCUT2D eigenvalue weighted by Crippen LogP contribution is 2.29. The van der Waals surface area contributed by atoms with E-state index in [1.807, 2.05) is 0 Å². The number of alkyl halides is 3. The molecule has 118 valence electrons. The number of carbonyl (C=O) groups is 1. The fourth-order valence-electron chi connectivity index (χ4n) is 1.99. The summed E-state index contributed by atoms with van der Waals surface area (Å²) in [5.41, 5.74) is -0.291. The number of nitrogens with zero attached hydrogens (tertiary/aromatic N) is 4. The molecule has 0 bridgehead atoms. The zero-order chi connectivity index (χ0) is 16.8. The molecule has 0 atom stereocenters. The van der Waals surface area contributed by atoms with Gasteiger partial charge in [-0.05, 0) is 18.2 Å². The fourth-order valence-corrected chi connectivity index (χ4v) is 2.37. The van der Waals surface area contributed by atoms with Gasteiger partial charge in [-0.15, -0.1) is 0 Å². The molecule has 2 heterocycles. The third kappa shape index (κ3) is 2.77. The van der Waals surface area contributed by atoms with E-state index in [0.717, 1.165) is 10.9 Å². The Morgan fingerprint density at radius 1 is 1.30 bits per heavy atom. The first-order valence-corrected chi connectivity index (χ1v) is 6.89. The van der Waals surface area contributed by atoms with E-state index in [4.69, 9.17) is 5.11 Å². The Balaban J connectivity index is 2.34. The third-order valence-electron chi connectivity index (χ3n) is 2.93. The second kappa shape index (κ2) is 5.30. The summed E-state index contributed by atoms with van der Waals surface area (Å²) < 4.78 is 40.1. The molecule has 3 aromatic rings. The van der Waals surface area contributed by atoms with Crippen LogP contribution in [0.3, 0.4) is 0 Å². The molecule has 0 fully saturated rings. The number of aromatic carboxylic acids is 1. The molecular formula is C13H6BrF3N4O2. The van der Waals surface area contributed by atoms with E-state index < -0.39 is 23.7 Å². The molecule has 0 aliphatic carbocycles. The van der Waals surface area contributed by atoms with Crippen LogP contribution in [-0.4, -0.2) is 30.8 Å². The third-order valence-corrected chi connectivity index (χ3v) is 3.43. The Bertz CT molecular complexity index is 923. The number of halogens is 4. The second-order valence-electron chi connectivity index (χ2n) is 4.47. The van der Waals surface area contributed by atoms with Crippen LogP contribution in [0.4, 0.5) is 13.2 Å². The van der Waals surface area contributed by atoms with Gasteiger partial charge in [-0.25, -0.2) is 19.4 Å². The molecule has 23 heavy (non-hydrogen) atoms. The highest BCUT2D eigenvalue weighted by atomic mass is 79.9. The predicted octanol–water partition coefficient (Wildman–Crippen LogP) is 3.30. The lowest BCUT2D eigenvalue weighted by Gasteiger charge is -2.06. The van der Waals surface area contributed by atoms with Crippen LogP contribution >= 0.6 is 15.9 Å². The van der Waals surface area contributed by atoms with Crippen LogP contribution in [0.15, 0.2) is 34.9 Å². The van der Waals surface area contributed by atoms with Crippen molar-refractivity contribution in [1.29, 1.82) is 0 Å². The minimum atomic E-state index is -4.75. The van der Waals surface area contributed by atoms with Gasteiger partial charge in [-0.3, -0.25) is 0 Å². The van der Waals surface area contributed by atoms with E-state index in [2.05, 4.69) is 31.0 Å². The van der Waals surface area contributed by atoms with Crippen LogP contribution in [0, 0.1) is 0 Å². The molecule has 0 aliphatic rings. The molecule has 0 amide bonds. The first-order valence-electron chi connectivity index (χ1n) is 6.09. The van der Waals surface area contributed by atoms with Crippen molar-refractivity contribution >= 4 is 32.9 Å². The van der Waals surface area contributed by atoms with E-state index in [0.29, 0.717) is 10.2 Å². The molecule has 6 nitrogen and oxygen atoms in total. The lowest BCUT2D eigenvalue weighted by Crippen LogP contribution is -2.11. The van der Waals surface area contributed by atoms with Gasteiger partial charge in [-0.2, -0.15) is 18.3 Å². The maximum Gasteiger partial charge on any atom is 0.451 e. The van der Waals surface area contributed by atoms with Gasteiger partial charge in [0.05, 0.1) is 11.1 Å². The van der Waals surface area contributed by atoms with Gasteiger partial charge in [0.15, 0.2) is 11.3 Å². The van der Waals surface area contributed by atoms with Crippen molar-refractivity contribution in [3.63, 3.8) is 0 Å². The molecule has 0 saturated heterocycles. The zero-order valence-electron chi connectivity index (χ0n) is 11.0. The van der Waals surface area contributed by atoms with Crippen molar-refractivity contribution in [2.75, 3.05) is 0 Å². The number of hydrogen-bond donors (Lipinski definition) is 1. The highest BCUT2D eigenvalue weighted by Gasteiger charge is 2.35. The molecule has 0 radical (unpaired) electrons. The normalized spacial score (nSPS) is 11.8. The summed E-state index contributed by atoms with van der Waals surface area (Å²) in [6.45, 7) is 0. The fraction of sp³-hybridized carbons (Fsp3) is 0.0769.